The number of aliphatic hydroxyl groups is 1. The molecule has 0 unspecified atom stereocenters. The Kier molecular flexibility index (Phi) is 12.4. The number of aliphatic hydroxyl groups excluding tert-OH is 1. The third kappa shape index (κ3) is 9.62. The van der Waals surface area contributed by atoms with Gasteiger partial charge < -0.3 is 20.6 Å². The minimum Gasteiger partial charge on any atom is -0.391 e. The summed E-state index contributed by atoms with van der Waals surface area (Å²) in [5.74, 6) is -1.43. The normalized spacial score (nSPS) is 12.5. The van der Waals surface area contributed by atoms with Gasteiger partial charge in [-0.3, -0.25) is 9.59 Å². The molecule has 1 aromatic heterocycles. The maximum atomic E-state index is 14.0. The van der Waals surface area contributed by atoms with Gasteiger partial charge in [0.25, 0.3) is 11.8 Å². The fourth-order valence-electron chi connectivity index (χ4n) is 4.93. The average Bonchev–Trinajstić information content (AvgIpc) is 2.95. The number of nitrogens with zero attached hydrogens (tertiary/aromatic N) is 2. The largest absolute Gasteiger partial charge is 0.391 e. The summed E-state index contributed by atoms with van der Waals surface area (Å²) in [6.07, 6.45) is 3.41. The van der Waals surface area contributed by atoms with Crippen LogP contribution in [0.15, 0.2) is 54.7 Å². The highest BCUT2D eigenvalue weighted by Crippen LogP contribution is 2.17. The monoisotopic (exact) mass is 580 g/mol. The summed E-state index contributed by atoms with van der Waals surface area (Å²) in [7, 11) is 0. The lowest BCUT2D eigenvalue weighted by Gasteiger charge is -2.25. The Hall–Kier alpha value is -3.85. The third-order valence-corrected chi connectivity index (χ3v) is 7.00. The minimum atomic E-state index is -1.04. The van der Waals surface area contributed by atoms with Crippen LogP contribution < -0.4 is 10.6 Å². The zero-order chi connectivity index (χ0) is 30.6. The summed E-state index contributed by atoms with van der Waals surface area (Å²) in [6.45, 7) is 9.47. The van der Waals surface area contributed by atoms with E-state index in [-0.39, 0.29) is 24.3 Å². The highest BCUT2D eigenvalue weighted by Gasteiger charge is 2.24. The van der Waals surface area contributed by atoms with Crippen LogP contribution in [0.2, 0.25) is 0 Å². The summed E-state index contributed by atoms with van der Waals surface area (Å²) in [4.78, 5) is 32.8. The van der Waals surface area contributed by atoms with Gasteiger partial charge in [-0.05, 0) is 98.2 Å². The molecule has 0 spiro atoms. The van der Waals surface area contributed by atoms with E-state index in [0.717, 1.165) is 36.5 Å². The maximum Gasteiger partial charge on any atom is 0.253 e. The Morgan fingerprint density at radius 2 is 1.60 bits per heavy atom. The smallest absolute Gasteiger partial charge is 0.253 e. The maximum absolute atomic E-state index is 14.0. The molecule has 2 amide bonds. The number of aromatic nitrogens is 1. The molecular formula is C33H42F2N4O3. The van der Waals surface area contributed by atoms with E-state index in [9.17, 15) is 23.5 Å². The van der Waals surface area contributed by atoms with E-state index >= 15 is 0 Å². The Labute approximate surface area is 247 Å². The van der Waals surface area contributed by atoms with Crippen LogP contribution in [0.3, 0.4) is 0 Å². The topological polar surface area (TPSA) is 94.6 Å². The van der Waals surface area contributed by atoms with Crippen molar-refractivity contribution in [3.05, 3.63) is 94.2 Å². The van der Waals surface area contributed by atoms with E-state index < -0.39 is 29.7 Å². The van der Waals surface area contributed by atoms with E-state index in [2.05, 4.69) is 15.6 Å². The lowest BCUT2D eigenvalue weighted by molar-refractivity contribution is 0.0755. The first-order valence-electron chi connectivity index (χ1n) is 14.7. The van der Waals surface area contributed by atoms with Crippen molar-refractivity contribution in [1.82, 2.24) is 15.2 Å². The lowest BCUT2D eigenvalue weighted by Crippen LogP contribution is -2.45. The molecule has 2 atom stereocenters. The van der Waals surface area contributed by atoms with Crippen LogP contribution in [0.5, 0.6) is 0 Å². The molecule has 0 aliphatic carbocycles. The van der Waals surface area contributed by atoms with Crippen molar-refractivity contribution < 1.29 is 23.5 Å². The van der Waals surface area contributed by atoms with Crippen molar-refractivity contribution >= 4 is 17.6 Å². The lowest BCUT2D eigenvalue weighted by atomic mass is 9.97. The van der Waals surface area contributed by atoms with Gasteiger partial charge in [0.2, 0.25) is 0 Å². The second-order valence-electron chi connectivity index (χ2n) is 10.6. The number of carbonyl (C=O) groups excluding carboxylic acids is 2. The van der Waals surface area contributed by atoms with E-state index in [1.54, 1.807) is 29.3 Å². The molecule has 0 fully saturated rings. The second-order valence-corrected chi connectivity index (χ2v) is 10.6. The van der Waals surface area contributed by atoms with Crippen molar-refractivity contribution in [3.8, 4) is 0 Å². The molecule has 7 nitrogen and oxygen atoms in total. The number of anilines is 1. The van der Waals surface area contributed by atoms with Gasteiger partial charge >= 0.3 is 0 Å². The molecule has 0 aliphatic rings. The second kappa shape index (κ2) is 16.0. The Morgan fingerprint density at radius 3 is 2.24 bits per heavy atom. The molecule has 9 heteroatoms. The number of pyridine rings is 1. The van der Waals surface area contributed by atoms with Crippen LogP contribution in [-0.2, 0) is 12.8 Å². The van der Waals surface area contributed by atoms with Crippen LogP contribution in [0.4, 0.5) is 14.6 Å². The predicted octanol–water partition coefficient (Wildman–Crippen LogP) is 5.70. The van der Waals surface area contributed by atoms with Gasteiger partial charge in [0.15, 0.2) is 0 Å². The number of carbonyl (C=O) groups is 2. The number of halogens is 2. The summed E-state index contributed by atoms with van der Waals surface area (Å²) < 4.78 is 27.9. The summed E-state index contributed by atoms with van der Waals surface area (Å²) in [5, 5.41) is 17.2. The van der Waals surface area contributed by atoms with Gasteiger partial charge in [0, 0.05) is 43.0 Å². The third-order valence-electron chi connectivity index (χ3n) is 7.00. The van der Waals surface area contributed by atoms with Gasteiger partial charge in [0.1, 0.15) is 17.5 Å². The highest BCUT2D eigenvalue weighted by atomic mass is 19.1. The molecule has 3 aromatic rings. The number of aryl methyl sites for hydroxylation is 2. The minimum absolute atomic E-state index is 0.00351. The molecule has 3 N–H and O–H groups in total. The molecule has 2 aromatic carbocycles. The zero-order valence-corrected chi connectivity index (χ0v) is 24.9. The molecule has 42 heavy (non-hydrogen) atoms. The predicted molar refractivity (Wildman–Crippen MR) is 162 cm³/mol. The first-order valence-corrected chi connectivity index (χ1v) is 14.7. The quantitative estimate of drug-likeness (QED) is 0.215. The highest BCUT2D eigenvalue weighted by molar-refractivity contribution is 6.00. The summed E-state index contributed by atoms with van der Waals surface area (Å²) >= 11 is 0. The van der Waals surface area contributed by atoms with Crippen molar-refractivity contribution in [3.63, 3.8) is 0 Å². The molecule has 0 bridgehead atoms. The molecule has 0 saturated heterocycles. The van der Waals surface area contributed by atoms with Crippen molar-refractivity contribution in [1.29, 1.82) is 0 Å². The first kappa shape index (κ1) is 32.7. The van der Waals surface area contributed by atoms with Crippen molar-refractivity contribution in [2.75, 3.05) is 25.0 Å². The van der Waals surface area contributed by atoms with Crippen molar-refractivity contribution in [2.24, 2.45) is 0 Å². The van der Waals surface area contributed by atoms with Gasteiger partial charge in [-0.2, -0.15) is 0 Å². The number of nitrogens with one attached hydrogen (secondary N) is 2. The number of amides is 2. The molecule has 0 radical (unpaired) electrons. The SMILES string of the molecule is CCCN(CCC)C(=O)c1cc(C)cc(C(=O)N[C@@H](Cc2cc(F)cc(F)c2)[C@H](O)CCNc2cc(CC)ccn2)c1. The Morgan fingerprint density at radius 1 is 0.929 bits per heavy atom. The van der Waals surface area contributed by atoms with E-state index in [1.807, 2.05) is 39.8 Å². The standard InChI is InChI=1S/C33H42F2N4O3/c1-5-12-39(13-6-2)33(42)26-15-22(4)14-25(20-26)32(41)38-29(18-24-16-27(34)21-28(35)17-24)30(40)9-11-37-31-19-23(7-3)8-10-36-31/h8,10,14-17,19-21,29-30,40H,5-7,9,11-13,18H2,1-4H3,(H,36,37)(H,38,41)/t29-,30+/m0/s1. The Balaban J connectivity index is 1.80. The fourth-order valence-corrected chi connectivity index (χ4v) is 4.93. The molecule has 1 heterocycles. The number of rotatable bonds is 15. The van der Waals surface area contributed by atoms with Crippen LogP contribution in [-0.4, -0.2) is 58.6 Å². The van der Waals surface area contributed by atoms with Gasteiger partial charge in [-0.15, -0.1) is 0 Å². The number of benzene rings is 2. The summed E-state index contributed by atoms with van der Waals surface area (Å²) in [5.41, 5.74) is 2.85. The van der Waals surface area contributed by atoms with Crippen LogP contribution in [0.1, 0.15) is 77.4 Å². The van der Waals surface area contributed by atoms with E-state index in [4.69, 9.17) is 0 Å². The zero-order valence-electron chi connectivity index (χ0n) is 24.9. The van der Waals surface area contributed by atoms with Crippen LogP contribution in [0, 0.1) is 18.6 Å². The van der Waals surface area contributed by atoms with E-state index in [0.29, 0.717) is 36.6 Å². The average molecular weight is 581 g/mol. The molecule has 0 saturated carbocycles. The van der Waals surface area contributed by atoms with Gasteiger partial charge in [-0.1, -0.05) is 20.8 Å². The fraction of sp³-hybridized carbons (Fsp3) is 0.424. The van der Waals surface area contributed by atoms with Gasteiger partial charge in [-0.25, -0.2) is 13.8 Å². The molecule has 0 aliphatic heterocycles. The summed E-state index contributed by atoms with van der Waals surface area (Å²) in [6, 6.07) is 11.1. The number of hydrogen-bond acceptors (Lipinski definition) is 5. The Bertz CT molecular complexity index is 1320. The van der Waals surface area contributed by atoms with Crippen LogP contribution in [0.25, 0.3) is 0 Å². The molecule has 3 rings (SSSR count). The molecular weight excluding hydrogens is 538 g/mol. The molecule has 226 valence electrons. The number of hydrogen-bond donors (Lipinski definition) is 3. The first-order chi connectivity index (χ1) is 20.1. The van der Waals surface area contributed by atoms with E-state index in [1.165, 1.54) is 12.1 Å². The van der Waals surface area contributed by atoms with Gasteiger partial charge in [0.05, 0.1) is 12.1 Å². The van der Waals surface area contributed by atoms with Crippen LogP contribution >= 0.6 is 0 Å². The van der Waals surface area contributed by atoms with Crippen molar-refractivity contribution in [2.45, 2.75) is 71.9 Å².